The van der Waals surface area contributed by atoms with Gasteiger partial charge in [-0.3, -0.25) is 0 Å². The van der Waals surface area contributed by atoms with Gasteiger partial charge in [-0.05, 0) is 53.7 Å². The van der Waals surface area contributed by atoms with E-state index in [1.807, 2.05) is 28.9 Å². The highest BCUT2D eigenvalue weighted by Gasteiger charge is 2.28. The van der Waals surface area contributed by atoms with Crippen molar-refractivity contribution in [3.8, 4) is 11.4 Å². The predicted octanol–water partition coefficient (Wildman–Crippen LogP) is 2.92. The average Bonchev–Trinajstić information content (AvgIpc) is 2.91. The normalized spacial score (nSPS) is 26.6. The molecule has 5 nitrogen and oxygen atoms in total. The Balaban J connectivity index is 1.91. The van der Waals surface area contributed by atoms with Crippen molar-refractivity contribution in [3.05, 3.63) is 24.3 Å². The molecular formula is C15H21N5. The number of benzene rings is 1. The highest BCUT2D eigenvalue weighted by molar-refractivity contribution is 5.60. The van der Waals surface area contributed by atoms with E-state index in [1.54, 1.807) is 0 Å². The summed E-state index contributed by atoms with van der Waals surface area (Å²) in [5, 5.41) is 12.3. The van der Waals surface area contributed by atoms with E-state index in [0.717, 1.165) is 35.8 Å². The number of nitrogens with zero attached hydrogens (tertiary/aromatic N) is 4. The van der Waals surface area contributed by atoms with Crippen LogP contribution in [0.2, 0.25) is 0 Å². The standard InChI is InChI=1S/C15H21N5/c1-10-6-7-14(8-11(10)2)20-15(17-18-19-20)12-4-3-5-13(16)9-12/h3-5,9-11,14H,6-8,16H2,1-2H3. The largest absolute Gasteiger partial charge is 0.399 e. The fraction of sp³-hybridized carbons (Fsp3) is 0.533. The second kappa shape index (κ2) is 5.23. The van der Waals surface area contributed by atoms with Crippen molar-refractivity contribution in [2.24, 2.45) is 11.8 Å². The van der Waals surface area contributed by atoms with Gasteiger partial charge in [-0.15, -0.1) is 5.10 Å². The molecule has 1 saturated carbocycles. The number of anilines is 1. The quantitative estimate of drug-likeness (QED) is 0.853. The number of tetrazole rings is 1. The number of nitrogen functional groups attached to an aromatic ring is 1. The van der Waals surface area contributed by atoms with Crippen LogP contribution in [0.25, 0.3) is 11.4 Å². The van der Waals surface area contributed by atoms with Crippen LogP contribution in [0.1, 0.15) is 39.2 Å². The number of hydrogen-bond acceptors (Lipinski definition) is 4. The van der Waals surface area contributed by atoms with Gasteiger partial charge in [0.15, 0.2) is 5.82 Å². The molecule has 20 heavy (non-hydrogen) atoms. The molecule has 1 aromatic heterocycles. The minimum Gasteiger partial charge on any atom is -0.399 e. The van der Waals surface area contributed by atoms with E-state index in [2.05, 4.69) is 29.4 Å². The Labute approximate surface area is 119 Å². The van der Waals surface area contributed by atoms with Gasteiger partial charge < -0.3 is 5.73 Å². The lowest BCUT2D eigenvalue weighted by atomic mass is 9.79. The minimum absolute atomic E-state index is 0.396. The first-order valence-corrected chi connectivity index (χ1v) is 7.29. The molecule has 2 N–H and O–H groups in total. The van der Waals surface area contributed by atoms with Crippen LogP contribution in [0.3, 0.4) is 0 Å². The first-order valence-electron chi connectivity index (χ1n) is 7.29. The van der Waals surface area contributed by atoms with E-state index in [-0.39, 0.29) is 0 Å². The Kier molecular flexibility index (Phi) is 3.42. The lowest BCUT2D eigenvalue weighted by molar-refractivity contribution is 0.200. The van der Waals surface area contributed by atoms with Gasteiger partial charge in [-0.25, -0.2) is 4.68 Å². The second-order valence-corrected chi connectivity index (χ2v) is 5.99. The number of rotatable bonds is 2. The number of nitrogens with two attached hydrogens (primary N) is 1. The van der Waals surface area contributed by atoms with E-state index < -0.39 is 0 Å². The Bertz CT molecular complexity index is 591. The highest BCUT2D eigenvalue weighted by atomic mass is 15.5. The van der Waals surface area contributed by atoms with Crippen molar-refractivity contribution < 1.29 is 0 Å². The Morgan fingerprint density at radius 3 is 2.80 bits per heavy atom. The van der Waals surface area contributed by atoms with Crippen molar-refractivity contribution in [1.29, 1.82) is 0 Å². The van der Waals surface area contributed by atoms with Gasteiger partial charge >= 0.3 is 0 Å². The van der Waals surface area contributed by atoms with E-state index in [9.17, 15) is 0 Å². The molecule has 0 radical (unpaired) electrons. The van der Waals surface area contributed by atoms with Crippen molar-refractivity contribution in [2.45, 2.75) is 39.2 Å². The average molecular weight is 271 g/mol. The van der Waals surface area contributed by atoms with Crippen LogP contribution in [-0.2, 0) is 0 Å². The molecule has 1 heterocycles. The monoisotopic (exact) mass is 271 g/mol. The van der Waals surface area contributed by atoms with E-state index >= 15 is 0 Å². The maximum Gasteiger partial charge on any atom is 0.182 e. The molecule has 3 unspecified atom stereocenters. The molecule has 5 heteroatoms. The van der Waals surface area contributed by atoms with Gasteiger partial charge in [0.05, 0.1) is 6.04 Å². The lowest BCUT2D eigenvalue weighted by Crippen LogP contribution is -2.24. The van der Waals surface area contributed by atoms with Gasteiger partial charge in [-0.1, -0.05) is 26.0 Å². The van der Waals surface area contributed by atoms with Crippen molar-refractivity contribution in [2.75, 3.05) is 5.73 Å². The fourth-order valence-electron chi connectivity index (χ4n) is 3.05. The molecule has 0 aliphatic heterocycles. The number of aromatic nitrogens is 4. The number of hydrogen-bond donors (Lipinski definition) is 1. The maximum atomic E-state index is 5.86. The van der Waals surface area contributed by atoms with Gasteiger partial charge in [0.2, 0.25) is 0 Å². The maximum absolute atomic E-state index is 5.86. The summed E-state index contributed by atoms with van der Waals surface area (Å²) in [6, 6.07) is 8.15. The molecule has 1 aliphatic rings. The molecule has 106 valence electrons. The Hall–Kier alpha value is -1.91. The third-order valence-corrected chi connectivity index (χ3v) is 4.55. The molecule has 0 spiro atoms. The molecule has 0 saturated heterocycles. The zero-order valence-corrected chi connectivity index (χ0v) is 12.0. The van der Waals surface area contributed by atoms with E-state index in [0.29, 0.717) is 12.0 Å². The van der Waals surface area contributed by atoms with Crippen LogP contribution >= 0.6 is 0 Å². The van der Waals surface area contributed by atoms with Crippen LogP contribution in [0, 0.1) is 11.8 Å². The van der Waals surface area contributed by atoms with Crippen LogP contribution < -0.4 is 5.73 Å². The van der Waals surface area contributed by atoms with Gasteiger partial charge in [0, 0.05) is 11.3 Å². The predicted molar refractivity (Wildman–Crippen MR) is 78.9 cm³/mol. The summed E-state index contributed by atoms with van der Waals surface area (Å²) in [5.41, 5.74) is 7.58. The van der Waals surface area contributed by atoms with Gasteiger partial charge in [-0.2, -0.15) is 0 Å². The van der Waals surface area contributed by atoms with E-state index in [1.165, 1.54) is 6.42 Å². The van der Waals surface area contributed by atoms with Crippen LogP contribution in [-0.4, -0.2) is 20.2 Å². The molecule has 0 bridgehead atoms. The summed E-state index contributed by atoms with van der Waals surface area (Å²) in [5.74, 6) is 2.33. The van der Waals surface area contributed by atoms with Crippen LogP contribution in [0.5, 0.6) is 0 Å². The zero-order chi connectivity index (χ0) is 14.1. The van der Waals surface area contributed by atoms with Crippen molar-refractivity contribution in [3.63, 3.8) is 0 Å². The first-order chi connectivity index (χ1) is 9.65. The molecule has 2 aromatic rings. The zero-order valence-electron chi connectivity index (χ0n) is 12.0. The van der Waals surface area contributed by atoms with Gasteiger partial charge in [0.25, 0.3) is 0 Å². The lowest BCUT2D eigenvalue weighted by Gasteiger charge is -2.32. The fourth-order valence-corrected chi connectivity index (χ4v) is 3.05. The summed E-state index contributed by atoms with van der Waals surface area (Å²) in [6.07, 6.45) is 3.52. The van der Waals surface area contributed by atoms with Gasteiger partial charge in [0.1, 0.15) is 0 Å². The third-order valence-electron chi connectivity index (χ3n) is 4.55. The minimum atomic E-state index is 0.396. The summed E-state index contributed by atoms with van der Waals surface area (Å²) in [7, 11) is 0. The third kappa shape index (κ3) is 2.40. The van der Waals surface area contributed by atoms with Crippen molar-refractivity contribution in [1.82, 2.24) is 20.2 Å². The smallest absolute Gasteiger partial charge is 0.182 e. The molecular weight excluding hydrogens is 250 g/mol. The summed E-state index contributed by atoms with van der Waals surface area (Å²) in [4.78, 5) is 0. The van der Waals surface area contributed by atoms with Crippen molar-refractivity contribution >= 4 is 5.69 Å². The highest BCUT2D eigenvalue weighted by Crippen LogP contribution is 2.37. The molecule has 3 rings (SSSR count). The molecule has 1 aromatic carbocycles. The Morgan fingerprint density at radius 1 is 1.20 bits per heavy atom. The summed E-state index contributed by atoms with van der Waals surface area (Å²) in [6.45, 7) is 4.65. The van der Waals surface area contributed by atoms with E-state index in [4.69, 9.17) is 5.73 Å². The molecule has 1 fully saturated rings. The van der Waals surface area contributed by atoms with Crippen LogP contribution in [0.4, 0.5) is 5.69 Å². The summed E-state index contributed by atoms with van der Waals surface area (Å²) < 4.78 is 1.98. The molecule has 0 amide bonds. The summed E-state index contributed by atoms with van der Waals surface area (Å²) >= 11 is 0. The topological polar surface area (TPSA) is 69.6 Å². The second-order valence-electron chi connectivity index (χ2n) is 5.99. The SMILES string of the molecule is CC1CCC(n2nnnc2-c2cccc(N)c2)CC1C. The Morgan fingerprint density at radius 2 is 2.05 bits per heavy atom. The van der Waals surface area contributed by atoms with Crippen LogP contribution in [0.15, 0.2) is 24.3 Å². The first kappa shape index (κ1) is 13.1. The molecule has 3 atom stereocenters. The molecule has 1 aliphatic carbocycles.